The Hall–Kier alpha value is -2.20. The van der Waals surface area contributed by atoms with Crippen molar-refractivity contribution < 1.29 is 19.4 Å². The number of carboxylic acids is 1. The molecule has 0 aromatic heterocycles. The maximum absolute atomic E-state index is 11.1. The highest BCUT2D eigenvalue weighted by molar-refractivity contribution is 6.33. The Bertz CT molecular complexity index is 652. The molecule has 5 heteroatoms. The number of methoxy groups -OCH3 is 2. The molecule has 20 heavy (non-hydrogen) atoms. The SMILES string of the molecule is COc1cccc(-c2ccc(Cl)c(C(=O)O)c2)c1OC. The quantitative estimate of drug-likeness (QED) is 0.933. The Labute approximate surface area is 121 Å². The minimum atomic E-state index is -1.07. The maximum atomic E-state index is 11.1. The van der Waals surface area contributed by atoms with Gasteiger partial charge in [0.2, 0.25) is 0 Å². The van der Waals surface area contributed by atoms with Gasteiger partial charge < -0.3 is 14.6 Å². The highest BCUT2D eigenvalue weighted by Crippen LogP contribution is 2.38. The lowest BCUT2D eigenvalue weighted by Crippen LogP contribution is -1.98. The number of para-hydroxylation sites is 1. The third-order valence-corrected chi connectivity index (χ3v) is 3.24. The smallest absolute Gasteiger partial charge is 0.337 e. The molecule has 0 radical (unpaired) electrons. The topological polar surface area (TPSA) is 55.8 Å². The zero-order valence-electron chi connectivity index (χ0n) is 11.0. The van der Waals surface area contributed by atoms with Gasteiger partial charge in [0.25, 0.3) is 0 Å². The predicted molar refractivity (Wildman–Crippen MR) is 77.0 cm³/mol. The van der Waals surface area contributed by atoms with Gasteiger partial charge in [-0.15, -0.1) is 0 Å². The van der Waals surface area contributed by atoms with Crippen LogP contribution in [0.1, 0.15) is 10.4 Å². The summed E-state index contributed by atoms with van der Waals surface area (Å²) in [5, 5.41) is 9.32. The second kappa shape index (κ2) is 5.84. The van der Waals surface area contributed by atoms with Crippen molar-refractivity contribution in [2.45, 2.75) is 0 Å². The highest BCUT2D eigenvalue weighted by atomic mass is 35.5. The average Bonchev–Trinajstić information content (AvgIpc) is 2.46. The molecule has 0 atom stereocenters. The second-order valence-electron chi connectivity index (χ2n) is 4.04. The fourth-order valence-corrected chi connectivity index (χ4v) is 2.17. The lowest BCUT2D eigenvalue weighted by atomic mass is 10.0. The number of hydrogen-bond acceptors (Lipinski definition) is 3. The molecule has 0 bridgehead atoms. The summed E-state index contributed by atoms with van der Waals surface area (Å²) in [4.78, 5) is 11.1. The number of halogens is 1. The standard InChI is InChI=1S/C15H13ClO4/c1-19-13-5-3-4-10(14(13)20-2)9-6-7-12(16)11(8-9)15(17)18/h3-8H,1-2H3,(H,17,18). The first-order valence-electron chi connectivity index (χ1n) is 5.82. The lowest BCUT2D eigenvalue weighted by Gasteiger charge is -2.13. The van der Waals surface area contributed by atoms with Crippen molar-refractivity contribution in [3.05, 3.63) is 47.0 Å². The van der Waals surface area contributed by atoms with E-state index in [4.69, 9.17) is 26.2 Å². The fourth-order valence-electron chi connectivity index (χ4n) is 1.97. The van der Waals surface area contributed by atoms with E-state index in [2.05, 4.69) is 0 Å². The third-order valence-electron chi connectivity index (χ3n) is 2.91. The van der Waals surface area contributed by atoms with E-state index in [0.29, 0.717) is 17.1 Å². The van der Waals surface area contributed by atoms with Crippen LogP contribution in [0.25, 0.3) is 11.1 Å². The molecule has 2 aromatic rings. The highest BCUT2D eigenvalue weighted by Gasteiger charge is 2.15. The number of rotatable bonds is 4. The molecule has 0 aliphatic rings. The van der Waals surface area contributed by atoms with Gasteiger partial charge >= 0.3 is 5.97 Å². The molecule has 2 rings (SSSR count). The van der Waals surface area contributed by atoms with Gasteiger partial charge in [-0.25, -0.2) is 4.79 Å². The molecule has 0 unspecified atom stereocenters. The molecule has 0 aliphatic heterocycles. The molecule has 4 nitrogen and oxygen atoms in total. The monoisotopic (exact) mass is 292 g/mol. The Balaban J connectivity index is 2.63. The van der Waals surface area contributed by atoms with Crippen LogP contribution in [0.2, 0.25) is 5.02 Å². The van der Waals surface area contributed by atoms with Gasteiger partial charge in [-0.2, -0.15) is 0 Å². The van der Waals surface area contributed by atoms with Gasteiger partial charge in [-0.3, -0.25) is 0 Å². The van der Waals surface area contributed by atoms with Crippen molar-refractivity contribution in [1.82, 2.24) is 0 Å². The Morgan fingerprint density at radius 2 is 1.90 bits per heavy atom. The van der Waals surface area contributed by atoms with Crippen LogP contribution in [0, 0.1) is 0 Å². The van der Waals surface area contributed by atoms with Gasteiger partial charge in [0.05, 0.1) is 24.8 Å². The minimum Gasteiger partial charge on any atom is -0.493 e. The van der Waals surface area contributed by atoms with E-state index in [-0.39, 0.29) is 10.6 Å². The summed E-state index contributed by atoms with van der Waals surface area (Å²) in [5.74, 6) is 0.0594. The van der Waals surface area contributed by atoms with Crippen LogP contribution in [0.3, 0.4) is 0 Å². The molecular formula is C15H13ClO4. The van der Waals surface area contributed by atoms with Gasteiger partial charge in [0.1, 0.15) is 0 Å². The van der Waals surface area contributed by atoms with E-state index < -0.39 is 5.97 Å². The van der Waals surface area contributed by atoms with Crippen LogP contribution in [0.15, 0.2) is 36.4 Å². The largest absolute Gasteiger partial charge is 0.493 e. The molecule has 0 heterocycles. The summed E-state index contributed by atoms with van der Waals surface area (Å²) >= 11 is 5.87. The Morgan fingerprint density at radius 1 is 1.15 bits per heavy atom. The molecular weight excluding hydrogens is 280 g/mol. The number of carbonyl (C=O) groups is 1. The summed E-state index contributed by atoms with van der Waals surface area (Å²) < 4.78 is 10.6. The Kier molecular flexibility index (Phi) is 4.15. The predicted octanol–water partition coefficient (Wildman–Crippen LogP) is 3.72. The van der Waals surface area contributed by atoms with Crippen molar-refractivity contribution >= 4 is 17.6 Å². The molecule has 1 N–H and O–H groups in total. The summed E-state index contributed by atoms with van der Waals surface area (Å²) in [7, 11) is 3.08. The fraction of sp³-hybridized carbons (Fsp3) is 0.133. The van der Waals surface area contributed by atoms with Crippen LogP contribution in [-0.2, 0) is 0 Å². The molecule has 0 saturated carbocycles. The third kappa shape index (κ3) is 2.56. The van der Waals surface area contributed by atoms with Crippen molar-refractivity contribution in [1.29, 1.82) is 0 Å². The number of aromatic carboxylic acids is 1. The van der Waals surface area contributed by atoms with Gasteiger partial charge in [0, 0.05) is 5.56 Å². The first-order valence-corrected chi connectivity index (χ1v) is 6.20. The van der Waals surface area contributed by atoms with Crippen molar-refractivity contribution in [2.75, 3.05) is 14.2 Å². The molecule has 0 amide bonds. The van der Waals surface area contributed by atoms with Gasteiger partial charge in [0.15, 0.2) is 11.5 Å². The van der Waals surface area contributed by atoms with E-state index >= 15 is 0 Å². The normalized spacial score (nSPS) is 10.2. The zero-order valence-corrected chi connectivity index (χ0v) is 11.8. The summed E-state index contributed by atoms with van der Waals surface area (Å²) in [6, 6.07) is 10.2. The molecule has 0 fully saturated rings. The van der Waals surface area contributed by atoms with Gasteiger partial charge in [-0.1, -0.05) is 29.8 Å². The van der Waals surface area contributed by atoms with E-state index in [1.807, 2.05) is 12.1 Å². The van der Waals surface area contributed by atoms with Crippen molar-refractivity contribution in [3.63, 3.8) is 0 Å². The molecule has 104 valence electrons. The van der Waals surface area contributed by atoms with Crippen LogP contribution >= 0.6 is 11.6 Å². The number of ether oxygens (including phenoxy) is 2. The van der Waals surface area contributed by atoms with Crippen LogP contribution in [-0.4, -0.2) is 25.3 Å². The lowest BCUT2D eigenvalue weighted by molar-refractivity contribution is 0.0697. The minimum absolute atomic E-state index is 0.0500. The average molecular weight is 293 g/mol. The van der Waals surface area contributed by atoms with Crippen LogP contribution < -0.4 is 9.47 Å². The van der Waals surface area contributed by atoms with E-state index in [1.165, 1.54) is 13.2 Å². The summed E-state index contributed by atoms with van der Waals surface area (Å²) in [6.45, 7) is 0. The summed E-state index contributed by atoms with van der Waals surface area (Å²) in [5.41, 5.74) is 1.49. The van der Waals surface area contributed by atoms with E-state index in [0.717, 1.165) is 5.56 Å². The Morgan fingerprint density at radius 3 is 2.50 bits per heavy atom. The molecule has 0 spiro atoms. The van der Waals surface area contributed by atoms with Crippen molar-refractivity contribution in [3.8, 4) is 22.6 Å². The maximum Gasteiger partial charge on any atom is 0.337 e. The molecule has 0 aliphatic carbocycles. The first-order chi connectivity index (χ1) is 9.58. The first kappa shape index (κ1) is 14.2. The van der Waals surface area contributed by atoms with E-state index in [1.54, 1.807) is 25.3 Å². The summed E-state index contributed by atoms with van der Waals surface area (Å²) in [6.07, 6.45) is 0. The van der Waals surface area contributed by atoms with Crippen LogP contribution in [0.4, 0.5) is 0 Å². The molecule has 2 aromatic carbocycles. The second-order valence-corrected chi connectivity index (χ2v) is 4.45. The zero-order chi connectivity index (χ0) is 14.7. The number of carboxylic acid groups (broad SMARTS) is 1. The number of benzene rings is 2. The number of hydrogen-bond donors (Lipinski definition) is 1. The van der Waals surface area contributed by atoms with Crippen molar-refractivity contribution in [2.24, 2.45) is 0 Å². The van der Waals surface area contributed by atoms with Gasteiger partial charge in [-0.05, 0) is 23.8 Å². The van der Waals surface area contributed by atoms with E-state index in [9.17, 15) is 4.79 Å². The van der Waals surface area contributed by atoms with Crippen LogP contribution in [0.5, 0.6) is 11.5 Å². The molecule has 0 saturated heterocycles.